The maximum Gasteiger partial charge on any atom is 0.257 e. The first-order valence-electron chi connectivity index (χ1n) is 7.75. The summed E-state index contributed by atoms with van der Waals surface area (Å²) in [6.07, 6.45) is 5.55. The summed E-state index contributed by atoms with van der Waals surface area (Å²) in [5, 5.41) is 10.7. The van der Waals surface area contributed by atoms with Crippen LogP contribution in [0.1, 0.15) is 55.7 Å². The van der Waals surface area contributed by atoms with E-state index in [-0.39, 0.29) is 17.7 Å². The number of carbonyl (C=O) groups excluding carboxylic acids is 1. The van der Waals surface area contributed by atoms with Gasteiger partial charge in [0.1, 0.15) is 5.82 Å². The van der Waals surface area contributed by atoms with Crippen molar-refractivity contribution in [2.75, 3.05) is 13.1 Å². The van der Waals surface area contributed by atoms with Crippen molar-refractivity contribution in [3.8, 4) is 0 Å². The van der Waals surface area contributed by atoms with E-state index < -0.39 is 5.60 Å². The highest BCUT2D eigenvalue weighted by molar-refractivity contribution is 5.93. The predicted molar refractivity (Wildman–Crippen MR) is 78.9 cm³/mol. The molecule has 114 valence electrons. The molecule has 0 spiro atoms. The Labute approximate surface area is 125 Å². The first kappa shape index (κ1) is 14.4. The summed E-state index contributed by atoms with van der Waals surface area (Å²) in [6.45, 7) is 6.96. The Morgan fingerprint density at radius 1 is 1.38 bits per heavy atom. The molecular weight excluding hydrogens is 266 g/mol. The zero-order chi connectivity index (χ0) is 15.2. The van der Waals surface area contributed by atoms with Gasteiger partial charge in [0.15, 0.2) is 0 Å². The Hall–Kier alpha value is -1.49. The van der Waals surface area contributed by atoms with Crippen LogP contribution in [0.2, 0.25) is 0 Å². The van der Waals surface area contributed by atoms with E-state index in [0.29, 0.717) is 24.6 Å². The third-order valence-corrected chi connectivity index (χ3v) is 4.94. The van der Waals surface area contributed by atoms with Gasteiger partial charge in [0.2, 0.25) is 0 Å². The van der Waals surface area contributed by atoms with Crippen LogP contribution < -0.4 is 0 Å². The van der Waals surface area contributed by atoms with Crippen molar-refractivity contribution in [3.05, 3.63) is 23.8 Å². The average Bonchev–Trinajstić information content (AvgIpc) is 3.25. The largest absolute Gasteiger partial charge is 0.387 e. The van der Waals surface area contributed by atoms with Gasteiger partial charge in [-0.05, 0) is 18.8 Å². The van der Waals surface area contributed by atoms with Crippen molar-refractivity contribution in [3.63, 3.8) is 0 Å². The van der Waals surface area contributed by atoms with Crippen molar-refractivity contribution in [1.82, 2.24) is 14.9 Å². The molecule has 1 aromatic rings. The van der Waals surface area contributed by atoms with Crippen molar-refractivity contribution in [1.29, 1.82) is 0 Å². The fourth-order valence-corrected chi connectivity index (χ4v) is 3.10. The molecule has 2 unspecified atom stereocenters. The van der Waals surface area contributed by atoms with Gasteiger partial charge in [-0.15, -0.1) is 0 Å². The molecule has 1 aliphatic carbocycles. The van der Waals surface area contributed by atoms with Crippen LogP contribution in [0.25, 0.3) is 0 Å². The number of rotatable bonds is 3. The Morgan fingerprint density at radius 2 is 2.00 bits per heavy atom. The fraction of sp³-hybridized carbons (Fsp3) is 0.688. The number of hydrogen-bond donors (Lipinski definition) is 1. The normalized spacial score (nSPS) is 29.2. The second kappa shape index (κ2) is 5.05. The van der Waals surface area contributed by atoms with Gasteiger partial charge in [0, 0.05) is 30.8 Å². The molecule has 0 bridgehead atoms. The van der Waals surface area contributed by atoms with E-state index in [2.05, 4.69) is 9.97 Å². The van der Waals surface area contributed by atoms with Crippen molar-refractivity contribution >= 4 is 5.91 Å². The van der Waals surface area contributed by atoms with Crippen molar-refractivity contribution in [2.24, 2.45) is 11.8 Å². The van der Waals surface area contributed by atoms with Gasteiger partial charge in [-0.2, -0.15) is 0 Å². The highest BCUT2D eigenvalue weighted by atomic mass is 16.3. The Morgan fingerprint density at radius 3 is 2.48 bits per heavy atom. The van der Waals surface area contributed by atoms with Crippen LogP contribution in [0, 0.1) is 11.8 Å². The van der Waals surface area contributed by atoms with Gasteiger partial charge in [-0.25, -0.2) is 9.97 Å². The van der Waals surface area contributed by atoms with Gasteiger partial charge >= 0.3 is 0 Å². The smallest absolute Gasteiger partial charge is 0.257 e. The number of carbonyl (C=O) groups is 1. The minimum absolute atomic E-state index is 0.0769. The third-order valence-electron chi connectivity index (χ3n) is 4.94. The molecule has 5 heteroatoms. The minimum atomic E-state index is -0.801. The number of amides is 1. The van der Waals surface area contributed by atoms with Crippen LogP contribution in [-0.4, -0.2) is 44.6 Å². The number of hydrogen-bond acceptors (Lipinski definition) is 4. The summed E-state index contributed by atoms with van der Waals surface area (Å²) >= 11 is 0. The molecule has 1 saturated heterocycles. The standard InChI is InChI=1S/C16H23N3O2/c1-10(2)16(21)9-19(8-11(16)3)15(20)13-6-17-14(18-7-13)12-4-5-12/h6-7,10-12,21H,4-5,8-9H2,1-3H3. The lowest BCUT2D eigenvalue weighted by Crippen LogP contribution is -2.43. The number of aliphatic hydroxyl groups is 1. The predicted octanol–water partition coefficient (Wildman–Crippen LogP) is 1.83. The van der Waals surface area contributed by atoms with E-state index in [4.69, 9.17) is 0 Å². The zero-order valence-electron chi connectivity index (χ0n) is 12.9. The molecule has 0 radical (unpaired) electrons. The molecule has 1 aromatic heterocycles. The molecule has 1 aliphatic heterocycles. The van der Waals surface area contributed by atoms with Crippen LogP contribution in [0.4, 0.5) is 0 Å². The average molecular weight is 289 g/mol. The van der Waals surface area contributed by atoms with Crippen LogP contribution in [0.3, 0.4) is 0 Å². The van der Waals surface area contributed by atoms with Crippen molar-refractivity contribution in [2.45, 2.75) is 45.1 Å². The maximum absolute atomic E-state index is 12.5. The molecule has 2 fully saturated rings. The lowest BCUT2D eigenvalue weighted by molar-refractivity contribution is -0.0243. The molecule has 21 heavy (non-hydrogen) atoms. The molecule has 2 aliphatic rings. The molecule has 1 saturated carbocycles. The highest BCUT2D eigenvalue weighted by Crippen LogP contribution is 2.38. The molecule has 0 aromatic carbocycles. The number of aromatic nitrogens is 2. The molecule has 1 N–H and O–H groups in total. The van der Waals surface area contributed by atoms with Gasteiger partial charge in [0.25, 0.3) is 5.91 Å². The van der Waals surface area contributed by atoms with E-state index in [1.807, 2.05) is 20.8 Å². The van der Waals surface area contributed by atoms with E-state index in [1.165, 1.54) is 0 Å². The van der Waals surface area contributed by atoms with Crippen LogP contribution in [0.15, 0.2) is 12.4 Å². The monoisotopic (exact) mass is 289 g/mol. The number of nitrogens with zero attached hydrogens (tertiary/aromatic N) is 3. The summed E-state index contributed by atoms with van der Waals surface area (Å²) in [4.78, 5) is 22.9. The first-order chi connectivity index (χ1) is 9.91. The first-order valence-corrected chi connectivity index (χ1v) is 7.75. The van der Waals surface area contributed by atoms with E-state index >= 15 is 0 Å². The molecule has 2 heterocycles. The summed E-state index contributed by atoms with van der Waals surface area (Å²) in [5.74, 6) is 1.46. The van der Waals surface area contributed by atoms with Gasteiger partial charge in [-0.3, -0.25) is 4.79 Å². The summed E-state index contributed by atoms with van der Waals surface area (Å²) in [5.41, 5.74) is -0.288. The number of likely N-dealkylation sites (tertiary alicyclic amines) is 1. The fourth-order valence-electron chi connectivity index (χ4n) is 3.10. The zero-order valence-corrected chi connectivity index (χ0v) is 12.9. The van der Waals surface area contributed by atoms with Gasteiger partial charge in [-0.1, -0.05) is 20.8 Å². The Kier molecular flexibility index (Phi) is 3.48. The molecule has 2 atom stereocenters. The SMILES string of the molecule is CC(C)C1(O)CN(C(=O)c2cnc(C3CC3)nc2)CC1C. The molecule has 3 rings (SSSR count). The van der Waals surface area contributed by atoms with Gasteiger partial charge < -0.3 is 10.0 Å². The Bertz CT molecular complexity index is 539. The topological polar surface area (TPSA) is 66.3 Å². The quantitative estimate of drug-likeness (QED) is 0.922. The van der Waals surface area contributed by atoms with E-state index in [9.17, 15) is 9.90 Å². The molecule has 5 nitrogen and oxygen atoms in total. The minimum Gasteiger partial charge on any atom is -0.387 e. The van der Waals surface area contributed by atoms with E-state index in [0.717, 1.165) is 18.7 Å². The second-order valence-corrected chi connectivity index (χ2v) is 6.84. The molecule has 1 amide bonds. The van der Waals surface area contributed by atoms with Crippen LogP contribution in [0.5, 0.6) is 0 Å². The van der Waals surface area contributed by atoms with Crippen molar-refractivity contribution < 1.29 is 9.90 Å². The van der Waals surface area contributed by atoms with Gasteiger partial charge in [0.05, 0.1) is 17.7 Å². The third kappa shape index (κ3) is 2.55. The highest BCUT2D eigenvalue weighted by Gasteiger charge is 2.46. The summed E-state index contributed by atoms with van der Waals surface area (Å²) in [6, 6.07) is 0. The molecular formula is C16H23N3O2. The van der Waals surface area contributed by atoms with E-state index in [1.54, 1.807) is 17.3 Å². The van der Waals surface area contributed by atoms with Crippen LogP contribution in [-0.2, 0) is 0 Å². The lowest BCUT2D eigenvalue weighted by Gasteiger charge is -2.30. The lowest BCUT2D eigenvalue weighted by atomic mass is 9.82. The number of β-amino-alcohol motifs (C(OH)–C–C–N with tert-alkyl or cyclic N) is 1. The van der Waals surface area contributed by atoms with Crippen LogP contribution >= 0.6 is 0 Å². The summed E-state index contributed by atoms with van der Waals surface area (Å²) in [7, 11) is 0. The summed E-state index contributed by atoms with van der Waals surface area (Å²) < 4.78 is 0. The Balaban J connectivity index is 1.73. The maximum atomic E-state index is 12.5. The second-order valence-electron chi connectivity index (χ2n) is 6.84.